The van der Waals surface area contributed by atoms with Crippen LogP contribution in [0, 0.1) is 0 Å². The largest absolute Gasteiger partial charge is 0.463 e. The van der Waals surface area contributed by atoms with Gasteiger partial charge in [0.15, 0.2) is 0 Å². The predicted molar refractivity (Wildman–Crippen MR) is 37.5 cm³/mol. The summed E-state index contributed by atoms with van der Waals surface area (Å²) in [6, 6.07) is 0. The van der Waals surface area contributed by atoms with Crippen molar-refractivity contribution in [3.63, 3.8) is 0 Å². The molecule has 0 aromatic carbocycles. The van der Waals surface area contributed by atoms with Crippen molar-refractivity contribution in [3.05, 3.63) is 12.2 Å². The number of esters is 1. The van der Waals surface area contributed by atoms with E-state index in [1.165, 1.54) is 6.08 Å². The van der Waals surface area contributed by atoms with Crippen molar-refractivity contribution in [3.8, 4) is 0 Å². The Bertz CT molecular complexity index is 118. The zero-order valence-electron chi connectivity index (χ0n) is 6.04. The van der Waals surface area contributed by atoms with Crippen LogP contribution in [0.2, 0.25) is 0 Å². The Morgan fingerprint density at radius 3 is 2.90 bits per heavy atom. The Morgan fingerprint density at radius 1 is 1.70 bits per heavy atom. The molecule has 0 radical (unpaired) electrons. The van der Waals surface area contributed by atoms with E-state index in [2.05, 4.69) is 4.74 Å². The van der Waals surface area contributed by atoms with E-state index < -0.39 is 0 Å². The highest BCUT2D eigenvalue weighted by Gasteiger charge is 1.90. The average Bonchev–Trinajstić information content (AvgIpc) is 1.89. The van der Waals surface area contributed by atoms with E-state index in [0.717, 1.165) is 0 Å². The summed E-state index contributed by atoms with van der Waals surface area (Å²) >= 11 is 0. The van der Waals surface area contributed by atoms with Crippen molar-refractivity contribution in [1.82, 2.24) is 0 Å². The lowest BCUT2D eigenvalue weighted by molar-refractivity contribution is -0.137. The maximum atomic E-state index is 10.5. The van der Waals surface area contributed by atoms with Crippen molar-refractivity contribution < 1.29 is 14.6 Å². The van der Waals surface area contributed by atoms with Crippen LogP contribution in [0.1, 0.15) is 13.3 Å². The van der Waals surface area contributed by atoms with Crippen LogP contribution in [0.4, 0.5) is 0 Å². The molecule has 0 spiro atoms. The molecule has 0 heterocycles. The monoisotopic (exact) mass is 144 g/mol. The topological polar surface area (TPSA) is 46.5 Å². The summed E-state index contributed by atoms with van der Waals surface area (Å²) in [5, 5.41) is 8.31. The third-order valence-electron chi connectivity index (χ3n) is 0.836. The number of aliphatic hydroxyl groups excluding tert-OH is 1. The summed E-state index contributed by atoms with van der Waals surface area (Å²) < 4.78 is 4.58. The quantitative estimate of drug-likeness (QED) is 0.461. The number of carbonyl (C=O) groups is 1. The van der Waals surface area contributed by atoms with E-state index in [0.29, 0.717) is 13.0 Å². The number of ether oxygens (including phenoxy) is 1. The average molecular weight is 144 g/mol. The second-order valence-electron chi connectivity index (χ2n) is 1.67. The molecule has 0 fully saturated rings. The van der Waals surface area contributed by atoms with Crippen LogP contribution in [-0.4, -0.2) is 24.3 Å². The minimum atomic E-state index is -0.351. The zero-order valence-corrected chi connectivity index (χ0v) is 6.04. The third kappa shape index (κ3) is 5.31. The van der Waals surface area contributed by atoms with Crippen LogP contribution in [0.25, 0.3) is 0 Å². The molecule has 0 rings (SSSR count). The van der Waals surface area contributed by atoms with Gasteiger partial charge < -0.3 is 9.84 Å². The van der Waals surface area contributed by atoms with Crippen molar-refractivity contribution >= 4 is 5.97 Å². The van der Waals surface area contributed by atoms with E-state index in [1.807, 2.05) is 0 Å². The van der Waals surface area contributed by atoms with Crippen LogP contribution < -0.4 is 0 Å². The predicted octanol–water partition coefficient (Wildman–Crippen LogP) is 0.488. The first-order chi connectivity index (χ1) is 4.81. The smallest absolute Gasteiger partial charge is 0.330 e. The molecular weight excluding hydrogens is 132 g/mol. The molecule has 0 aliphatic carbocycles. The van der Waals surface area contributed by atoms with E-state index >= 15 is 0 Å². The highest BCUT2D eigenvalue weighted by molar-refractivity contribution is 5.81. The fraction of sp³-hybridized carbons (Fsp3) is 0.571. The van der Waals surface area contributed by atoms with Gasteiger partial charge in [0, 0.05) is 12.7 Å². The van der Waals surface area contributed by atoms with Gasteiger partial charge in [0.1, 0.15) is 0 Å². The Labute approximate surface area is 60.3 Å². The van der Waals surface area contributed by atoms with Crippen molar-refractivity contribution in [2.45, 2.75) is 13.3 Å². The lowest BCUT2D eigenvalue weighted by Gasteiger charge is -1.93. The van der Waals surface area contributed by atoms with Gasteiger partial charge in [-0.05, 0) is 13.3 Å². The van der Waals surface area contributed by atoms with E-state index in [1.54, 1.807) is 13.0 Å². The van der Waals surface area contributed by atoms with Gasteiger partial charge in [-0.25, -0.2) is 4.79 Å². The molecule has 3 heteroatoms. The minimum absolute atomic E-state index is 0.0654. The second kappa shape index (κ2) is 6.29. The van der Waals surface area contributed by atoms with Crippen molar-refractivity contribution in [1.29, 1.82) is 0 Å². The van der Waals surface area contributed by atoms with Gasteiger partial charge in [-0.3, -0.25) is 0 Å². The molecule has 0 aliphatic rings. The third-order valence-corrected chi connectivity index (χ3v) is 0.836. The Kier molecular flexibility index (Phi) is 5.77. The van der Waals surface area contributed by atoms with Gasteiger partial charge in [-0.2, -0.15) is 0 Å². The van der Waals surface area contributed by atoms with Crippen LogP contribution in [0.15, 0.2) is 12.2 Å². The number of rotatable bonds is 4. The number of hydrogen-bond acceptors (Lipinski definition) is 3. The molecule has 0 saturated heterocycles. The molecule has 0 amide bonds. The standard InChI is InChI=1S/C7H12O3/c1-2-10-7(9)5-3-4-6-8/h3,5,8H,2,4,6H2,1H3. The highest BCUT2D eigenvalue weighted by atomic mass is 16.5. The molecule has 3 nitrogen and oxygen atoms in total. The minimum Gasteiger partial charge on any atom is -0.463 e. The van der Waals surface area contributed by atoms with Crippen LogP contribution in [-0.2, 0) is 9.53 Å². The zero-order chi connectivity index (χ0) is 7.82. The Hall–Kier alpha value is -0.830. The van der Waals surface area contributed by atoms with E-state index in [-0.39, 0.29) is 12.6 Å². The molecule has 0 bridgehead atoms. The first-order valence-electron chi connectivity index (χ1n) is 3.25. The van der Waals surface area contributed by atoms with Gasteiger partial charge in [0.05, 0.1) is 6.61 Å². The summed E-state index contributed by atoms with van der Waals surface area (Å²) in [4.78, 5) is 10.5. The molecular formula is C7H12O3. The molecule has 58 valence electrons. The van der Waals surface area contributed by atoms with E-state index in [9.17, 15) is 4.79 Å². The number of carbonyl (C=O) groups excluding carboxylic acids is 1. The molecule has 0 saturated carbocycles. The SMILES string of the molecule is CCOC(=O)C=CCCO. The first kappa shape index (κ1) is 9.17. The maximum absolute atomic E-state index is 10.5. The van der Waals surface area contributed by atoms with Gasteiger partial charge in [-0.15, -0.1) is 0 Å². The Balaban J connectivity index is 3.36. The van der Waals surface area contributed by atoms with Crippen molar-refractivity contribution in [2.75, 3.05) is 13.2 Å². The fourth-order valence-electron chi connectivity index (χ4n) is 0.444. The molecule has 0 aliphatic heterocycles. The molecule has 0 atom stereocenters. The van der Waals surface area contributed by atoms with E-state index in [4.69, 9.17) is 5.11 Å². The Morgan fingerprint density at radius 2 is 2.40 bits per heavy atom. The normalized spacial score (nSPS) is 10.2. The summed E-state index contributed by atoms with van der Waals surface area (Å²) in [7, 11) is 0. The molecule has 10 heavy (non-hydrogen) atoms. The summed E-state index contributed by atoms with van der Waals surface area (Å²) in [6.45, 7) is 2.20. The van der Waals surface area contributed by atoms with Crippen LogP contribution in [0.5, 0.6) is 0 Å². The van der Waals surface area contributed by atoms with Gasteiger partial charge in [-0.1, -0.05) is 6.08 Å². The van der Waals surface area contributed by atoms with Crippen LogP contribution >= 0.6 is 0 Å². The van der Waals surface area contributed by atoms with Crippen molar-refractivity contribution in [2.24, 2.45) is 0 Å². The second-order valence-corrected chi connectivity index (χ2v) is 1.67. The molecule has 0 aromatic heterocycles. The maximum Gasteiger partial charge on any atom is 0.330 e. The van der Waals surface area contributed by atoms with Gasteiger partial charge in [0.25, 0.3) is 0 Å². The lowest BCUT2D eigenvalue weighted by atomic mass is 10.4. The van der Waals surface area contributed by atoms with Gasteiger partial charge in [0.2, 0.25) is 0 Å². The van der Waals surface area contributed by atoms with Crippen LogP contribution in [0.3, 0.4) is 0 Å². The fourth-order valence-corrected chi connectivity index (χ4v) is 0.444. The summed E-state index contributed by atoms with van der Waals surface area (Å²) in [5.41, 5.74) is 0. The number of hydrogen-bond donors (Lipinski definition) is 1. The molecule has 0 unspecified atom stereocenters. The first-order valence-corrected chi connectivity index (χ1v) is 3.25. The number of aliphatic hydroxyl groups is 1. The molecule has 0 aromatic rings. The van der Waals surface area contributed by atoms with Gasteiger partial charge >= 0.3 is 5.97 Å². The molecule has 1 N–H and O–H groups in total. The summed E-state index contributed by atoms with van der Waals surface area (Å²) in [6.07, 6.45) is 3.40. The lowest BCUT2D eigenvalue weighted by Crippen LogP contribution is -1.98. The summed E-state index contributed by atoms with van der Waals surface area (Å²) in [5.74, 6) is -0.351. The highest BCUT2D eigenvalue weighted by Crippen LogP contribution is 1.83.